The molecule has 3 rings (SSSR count). The predicted octanol–water partition coefficient (Wildman–Crippen LogP) is 2.41. The molecule has 1 aliphatic carbocycles. The van der Waals surface area contributed by atoms with E-state index in [-0.39, 0.29) is 25.3 Å². The van der Waals surface area contributed by atoms with Gasteiger partial charge in [0.25, 0.3) is 0 Å². The van der Waals surface area contributed by atoms with Gasteiger partial charge in [-0.3, -0.25) is 9.10 Å². The van der Waals surface area contributed by atoms with Gasteiger partial charge in [0.05, 0.1) is 11.9 Å². The Morgan fingerprint density at radius 1 is 1.12 bits per heavy atom. The monoisotopic (exact) mass is 382 g/mol. The minimum absolute atomic E-state index is 0.111. The largest absolute Gasteiger partial charge is 0.454 e. The van der Waals surface area contributed by atoms with Crippen molar-refractivity contribution in [3.63, 3.8) is 0 Å². The predicted molar refractivity (Wildman–Crippen MR) is 99.0 cm³/mol. The Labute approximate surface area is 154 Å². The number of fused-ring (bicyclic) bond motifs is 1. The molecule has 0 aromatic heterocycles. The fourth-order valence-corrected chi connectivity index (χ4v) is 4.29. The number of nitrogens with one attached hydrogen (secondary N) is 1. The van der Waals surface area contributed by atoms with Gasteiger partial charge in [-0.25, -0.2) is 8.42 Å². The number of amides is 1. The van der Waals surface area contributed by atoms with Crippen LogP contribution in [0.1, 0.15) is 44.9 Å². The maximum Gasteiger partial charge on any atom is 0.240 e. The van der Waals surface area contributed by atoms with Gasteiger partial charge in [0.2, 0.25) is 22.7 Å². The number of hydrogen-bond donors (Lipinski definition) is 1. The number of anilines is 1. The summed E-state index contributed by atoms with van der Waals surface area (Å²) in [5.41, 5.74) is 0.393. The van der Waals surface area contributed by atoms with E-state index in [4.69, 9.17) is 9.47 Å². The first-order valence-corrected chi connectivity index (χ1v) is 10.9. The Kier molecular flexibility index (Phi) is 5.90. The van der Waals surface area contributed by atoms with Gasteiger partial charge < -0.3 is 14.8 Å². The minimum atomic E-state index is -3.61. The quantitative estimate of drug-likeness (QED) is 0.845. The van der Waals surface area contributed by atoms with Crippen molar-refractivity contribution in [2.75, 3.05) is 23.9 Å². The van der Waals surface area contributed by atoms with Crippen LogP contribution in [0.3, 0.4) is 0 Å². The van der Waals surface area contributed by atoms with E-state index < -0.39 is 10.0 Å². The van der Waals surface area contributed by atoms with Gasteiger partial charge in [-0.2, -0.15) is 0 Å². The molecule has 1 aliphatic heterocycles. The van der Waals surface area contributed by atoms with Crippen LogP contribution in [-0.4, -0.2) is 40.0 Å². The first-order chi connectivity index (χ1) is 12.4. The lowest BCUT2D eigenvalue weighted by molar-refractivity contribution is -0.120. The van der Waals surface area contributed by atoms with Gasteiger partial charge in [0, 0.05) is 12.1 Å². The van der Waals surface area contributed by atoms with Crippen molar-refractivity contribution >= 4 is 21.6 Å². The molecule has 1 amide bonds. The number of hydrogen-bond acceptors (Lipinski definition) is 5. The second kappa shape index (κ2) is 8.16. The van der Waals surface area contributed by atoms with Gasteiger partial charge in [0.15, 0.2) is 11.5 Å². The van der Waals surface area contributed by atoms with Gasteiger partial charge in [-0.05, 0) is 25.0 Å². The van der Waals surface area contributed by atoms with Gasteiger partial charge >= 0.3 is 0 Å². The number of benzene rings is 1. The third kappa shape index (κ3) is 4.81. The third-order valence-electron chi connectivity index (χ3n) is 4.80. The molecule has 0 bridgehead atoms. The summed E-state index contributed by atoms with van der Waals surface area (Å²) in [4.78, 5) is 12.5. The van der Waals surface area contributed by atoms with E-state index >= 15 is 0 Å². The molecule has 144 valence electrons. The lowest BCUT2D eigenvalue weighted by Crippen LogP contribution is -2.44. The number of sulfonamides is 1. The maximum absolute atomic E-state index is 12.5. The summed E-state index contributed by atoms with van der Waals surface area (Å²) in [6.07, 6.45) is 8.85. The summed E-state index contributed by atoms with van der Waals surface area (Å²) in [6.45, 7) is -0.130. The second-order valence-corrected chi connectivity index (χ2v) is 8.82. The van der Waals surface area contributed by atoms with Crippen LogP contribution in [0.2, 0.25) is 0 Å². The molecule has 2 aliphatic rings. The molecular formula is C18H26N2O5S. The minimum Gasteiger partial charge on any atom is -0.454 e. The van der Waals surface area contributed by atoms with Crippen LogP contribution < -0.4 is 19.1 Å². The lowest BCUT2D eigenvalue weighted by Gasteiger charge is -2.25. The van der Waals surface area contributed by atoms with Gasteiger partial charge in [-0.1, -0.05) is 32.1 Å². The summed E-state index contributed by atoms with van der Waals surface area (Å²) >= 11 is 0. The standard InChI is InChI=1S/C18H26N2O5S/c1-26(22,23)20(15-9-10-16-17(11-15)25-13-24-16)12-18(21)19-14-7-5-3-2-4-6-8-14/h9-11,14H,2-8,12-13H2,1H3,(H,19,21). The fraction of sp³-hybridized carbons (Fsp3) is 0.611. The van der Waals surface area contributed by atoms with E-state index in [9.17, 15) is 13.2 Å². The van der Waals surface area contributed by atoms with Crippen molar-refractivity contribution in [3.8, 4) is 11.5 Å². The molecule has 0 saturated heterocycles. The van der Waals surface area contributed by atoms with E-state index in [2.05, 4.69) is 5.32 Å². The van der Waals surface area contributed by atoms with Crippen LogP contribution in [0.5, 0.6) is 11.5 Å². The molecule has 26 heavy (non-hydrogen) atoms. The first kappa shape index (κ1) is 18.8. The Balaban J connectivity index is 1.69. The topological polar surface area (TPSA) is 84.9 Å². The van der Waals surface area contributed by atoms with Crippen LogP contribution in [-0.2, 0) is 14.8 Å². The number of rotatable bonds is 5. The van der Waals surface area contributed by atoms with Gasteiger partial charge in [0.1, 0.15) is 6.54 Å². The number of carbonyl (C=O) groups excluding carboxylic acids is 1. The molecule has 8 heteroatoms. The average molecular weight is 382 g/mol. The summed E-state index contributed by atoms with van der Waals surface area (Å²) in [7, 11) is -3.61. The first-order valence-electron chi connectivity index (χ1n) is 9.10. The molecule has 0 atom stereocenters. The van der Waals surface area contributed by atoms with Crippen molar-refractivity contribution in [1.82, 2.24) is 5.32 Å². The molecule has 1 aromatic carbocycles. The summed E-state index contributed by atoms with van der Waals surface area (Å²) in [6, 6.07) is 4.99. The van der Waals surface area contributed by atoms with Crippen molar-refractivity contribution < 1.29 is 22.7 Å². The number of carbonyl (C=O) groups is 1. The molecule has 1 heterocycles. The zero-order chi connectivity index (χ0) is 18.6. The molecule has 1 saturated carbocycles. The van der Waals surface area contributed by atoms with Crippen molar-refractivity contribution in [3.05, 3.63) is 18.2 Å². The fourth-order valence-electron chi connectivity index (χ4n) is 3.44. The van der Waals surface area contributed by atoms with E-state index in [1.807, 2.05) is 0 Å². The SMILES string of the molecule is CS(=O)(=O)N(CC(=O)NC1CCCCCCC1)c1ccc2c(c1)OCO2. The normalized spacial score (nSPS) is 18.0. The molecule has 1 aromatic rings. The summed E-state index contributed by atoms with van der Waals surface area (Å²) in [5, 5.41) is 3.01. The van der Waals surface area contributed by atoms with Crippen molar-refractivity contribution in [2.24, 2.45) is 0 Å². The molecule has 7 nitrogen and oxygen atoms in total. The van der Waals surface area contributed by atoms with E-state index in [1.54, 1.807) is 18.2 Å². The Hall–Kier alpha value is -1.96. The molecular weight excluding hydrogens is 356 g/mol. The number of nitrogens with zero attached hydrogens (tertiary/aromatic N) is 1. The number of ether oxygens (including phenoxy) is 2. The highest BCUT2D eigenvalue weighted by Gasteiger charge is 2.25. The lowest BCUT2D eigenvalue weighted by atomic mass is 9.97. The molecule has 0 radical (unpaired) electrons. The average Bonchev–Trinajstić information content (AvgIpc) is 3.01. The van der Waals surface area contributed by atoms with Gasteiger partial charge in [-0.15, -0.1) is 0 Å². The van der Waals surface area contributed by atoms with Crippen molar-refractivity contribution in [1.29, 1.82) is 0 Å². The molecule has 0 unspecified atom stereocenters. The highest BCUT2D eigenvalue weighted by molar-refractivity contribution is 7.92. The van der Waals surface area contributed by atoms with E-state index in [0.29, 0.717) is 17.2 Å². The van der Waals surface area contributed by atoms with E-state index in [1.165, 1.54) is 19.3 Å². The zero-order valence-corrected chi connectivity index (χ0v) is 15.9. The van der Waals surface area contributed by atoms with E-state index in [0.717, 1.165) is 36.2 Å². The third-order valence-corrected chi connectivity index (χ3v) is 5.94. The van der Waals surface area contributed by atoms with Crippen LogP contribution in [0.25, 0.3) is 0 Å². The van der Waals surface area contributed by atoms with Crippen LogP contribution in [0.15, 0.2) is 18.2 Å². The van der Waals surface area contributed by atoms with Crippen LogP contribution >= 0.6 is 0 Å². The zero-order valence-electron chi connectivity index (χ0n) is 15.1. The van der Waals surface area contributed by atoms with Crippen LogP contribution in [0, 0.1) is 0 Å². The summed E-state index contributed by atoms with van der Waals surface area (Å²) < 4.78 is 36.1. The summed E-state index contributed by atoms with van der Waals surface area (Å²) in [5.74, 6) is 0.774. The highest BCUT2D eigenvalue weighted by atomic mass is 32.2. The second-order valence-electron chi connectivity index (χ2n) is 6.92. The Morgan fingerprint density at radius 2 is 1.77 bits per heavy atom. The molecule has 0 spiro atoms. The van der Waals surface area contributed by atoms with Crippen LogP contribution in [0.4, 0.5) is 5.69 Å². The molecule has 1 fully saturated rings. The maximum atomic E-state index is 12.5. The highest BCUT2D eigenvalue weighted by Crippen LogP contribution is 2.36. The Morgan fingerprint density at radius 3 is 2.46 bits per heavy atom. The smallest absolute Gasteiger partial charge is 0.240 e. The Bertz CT molecular complexity index is 742. The van der Waals surface area contributed by atoms with Crippen molar-refractivity contribution in [2.45, 2.75) is 51.0 Å². The molecule has 1 N–H and O–H groups in total.